The molecule has 1 amide bonds. The van der Waals surface area contributed by atoms with Crippen LogP contribution in [0.15, 0.2) is 45.7 Å². The number of alkyl halides is 1. The average Bonchev–Trinajstić information content (AvgIpc) is 3.10. The van der Waals surface area contributed by atoms with Crippen molar-refractivity contribution in [3.05, 3.63) is 64.0 Å². The Bertz CT molecular complexity index is 1300. The second-order valence-electron chi connectivity index (χ2n) is 7.16. The van der Waals surface area contributed by atoms with Crippen LogP contribution in [-0.4, -0.2) is 31.8 Å². The van der Waals surface area contributed by atoms with E-state index in [2.05, 4.69) is 36.5 Å². The van der Waals surface area contributed by atoms with Crippen molar-refractivity contribution in [3.8, 4) is 11.4 Å². The summed E-state index contributed by atoms with van der Waals surface area (Å²) in [6.07, 6.45) is 2.05. The SMILES string of the molecule is Cc1ccc(-c2noc([C@H]3C[C@@H]3F)n2)cc1NC(=O)c1cnn2cc(F)c(Br)cc12. The van der Waals surface area contributed by atoms with Gasteiger partial charge in [-0.15, -0.1) is 0 Å². The molecule has 30 heavy (non-hydrogen) atoms. The van der Waals surface area contributed by atoms with Crippen molar-refractivity contribution in [2.24, 2.45) is 0 Å². The molecule has 152 valence electrons. The summed E-state index contributed by atoms with van der Waals surface area (Å²) in [5, 5.41) is 10.8. The molecule has 0 spiro atoms. The van der Waals surface area contributed by atoms with Crippen molar-refractivity contribution >= 4 is 33.0 Å². The smallest absolute Gasteiger partial charge is 0.259 e. The molecule has 1 saturated carbocycles. The molecule has 0 unspecified atom stereocenters. The van der Waals surface area contributed by atoms with Crippen LogP contribution in [0, 0.1) is 12.7 Å². The average molecular weight is 474 g/mol. The highest BCUT2D eigenvalue weighted by molar-refractivity contribution is 9.10. The number of nitrogens with one attached hydrogen (secondary N) is 1. The Morgan fingerprint density at radius 1 is 1.37 bits per heavy atom. The van der Waals surface area contributed by atoms with Crippen LogP contribution in [0.25, 0.3) is 16.9 Å². The monoisotopic (exact) mass is 473 g/mol. The normalized spacial score (nSPS) is 18.0. The number of hydrogen-bond acceptors (Lipinski definition) is 5. The number of pyridine rings is 1. The zero-order chi connectivity index (χ0) is 21.0. The maximum Gasteiger partial charge on any atom is 0.259 e. The molecule has 10 heteroatoms. The van der Waals surface area contributed by atoms with E-state index in [1.807, 2.05) is 13.0 Å². The Morgan fingerprint density at radius 2 is 2.17 bits per heavy atom. The molecular weight excluding hydrogens is 460 g/mol. The van der Waals surface area contributed by atoms with Gasteiger partial charge in [0.2, 0.25) is 11.7 Å². The number of halogens is 3. The molecule has 0 bridgehead atoms. The van der Waals surface area contributed by atoms with Gasteiger partial charge in [-0.1, -0.05) is 17.3 Å². The molecule has 1 aromatic carbocycles. The standard InChI is InChI=1S/C20H14BrF2N5O2/c1-9-2-3-10(18-26-20(30-27-18)11-5-14(11)22)4-16(9)25-19(29)12-7-24-28-8-15(23)13(21)6-17(12)28/h2-4,6-8,11,14H,5H2,1H3,(H,25,29)/t11-,14-/m0/s1. The molecule has 1 aliphatic carbocycles. The molecule has 0 aliphatic heterocycles. The number of benzene rings is 1. The minimum atomic E-state index is -0.925. The van der Waals surface area contributed by atoms with Gasteiger partial charge in [-0.3, -0.25) is 4.79 Å². The Morgan fingerprint density at radius 3 is 2.93 bits per heavy atom. The molecule has 0 saturated heterocycles. The Kier molecular flexibility index (Phi) is 4.39. The van der Waals surface area contributed by atoms with Gasteiger partial charge in [-0.2, -0.15) is 10.1 Å². The third-order valence-corrected chi connectivity index (χ3v) is 5.63. The summed E-state index contributed by atoms with van der Waals surface area (Å²) in [6, 6.07) is 6.84. The molecule has 3 aromatic heterocycles. The van der Waals surface area contributed by atoms with Gasteiger partial charge >= 0.3 is 0 Å². The highest BCUT2D eigenvalue weighted by Crippen LogP contribution is 2.43. The van der Waals surface area contributed by atoms with E-state index in [4.69, 9.17) is 4.52 Å². The Hall–Kier alpha value is -3.14. The van der Waals surface area contributed by atoms with Crippen molar-refractivity contribution in [3.63, 3.8) is 0 Å². The van der Waals surface area contributed by atoms with E-state index in [9.17, 15) is 13.6 Å². The Labute approximate surface area is 177 Å². The van der Waals surface area contributed by atoms with Gasteiger partial charge in [-0.25, -0.2) is 13.3 Å². The van der Waals surface area contributed by atoms with Crippen molar-refractivity contribution in [1.82, 2.24) is 19.8 Å². The number of hydrogen-bond donors (Lipinski definition) is 1. The zero-order valence-corrected chi connectivity index (χ0v) is 17.2. The number of rotatable bonds is 4. The first-order valence-corrected chi connectivity index (χ1v) is 9.92. The van der Waals surface area contributed by atoms with Crippen LogP contribution in [0.1, 0.15) is 34.2 Å². The van der Waals surface area contributed by atoms with Gasteiger partial charge in [0, 0.05) is 11.3 Å². The predicted octanol–water partition coefficient (Wildman–Crippen LogP) is 4.67. The van der Waals surface area contributed by atoms with Gasteiger partial charge in [0.1, 0.15) is 6.17 Å². The topological polar surface area (TPSA) is 85.3 Å². The van der Waals surface area contributed by atoms with Crippen LogP contribution >= 0.6 is 15.9 Å². The summed E-state index contributed by atoms with van der Waals surface area (Å²) in [5.74, 6) is -0.583. The first-order valence-electron chi connectivity index (χ1n) is 9.13. The van der Waals surface area contributed by atoms with E-state index in [0.29, 0.717) is 34.6 Å². The molecule has 0 radical (unpaired) electrons. The fourth-order valence-electron chi connectivity index (χ4n) is 3.16. The molecule has 1 fully saturated rings. The van der Waals surface area contributed by atoms with E-state index in [0.717, 1.165) is 5.56 Å². The van der Waals surface area contributed by atoms with E-state index in [1.54, 1.807) is 12.1 Å². The second-order valence-corrected chi connectivity index (χ2v) is 8.01. The maximum atomic E-state index is 13.7. The van der Waals surface area contributed by atoms with E-state index < -0.39 is 17.9 Å². The second kappa shape index (κ2) is 6.98. The summed E-state index contributed by atoms with van der Waals surface area (Å²) in [6.45, 7) is 1.85. The first-order chi connectivity index (χ1) is 14.4. The molecule has 3 heterocycles. The van der Waals surface area contributed by atoms with Crippen LogP contribution < -0.4 is 5.32 Å². The van der Waals surface area contributed by atoms with Crippen LogP contribution in [0.2, 0.25) is 0 Å². The number of aromatic nitrogens is 4. The van der Waals surface area contributed by atoms with Gasteiger partial charge in [0.05, 0.1) is 33.9 Å². The van der Waals surface area contributed by atoms with E-state index in [1.165, 1.54) is 23.0 Å². The lowest BCUT2D eigenvalue weighted by Crippen LogP contribution is -2.12. The summed E-state index contributed by atoms with van der Waals surface area (Å²) in [7, 11) is 0. The van der Waals surface area contributed by atoms with Gasteiger partial charge in [0.15, 0.2) is 5.82 Å². The largest absolute Gasteiger partial charge is 0.339 e. The van der Waals surface area contributed by atoms with Crippen LogP contribution in [0.5, 0.6) is 0 Å². The zero-order valence-electron chi connectivity index (χ0n) is 15.6. The number of amides is 1. The maximum absolute atomic E-state index is 13.7. The fourth-order valence-corrected chi connectivity index (χ4v) is 3.48. The number of aryl methyl sites for hydroxylation is 1. The lowest BCUT2D eigenvalue weighted by molar-refractivity contribution is 0.102. The number of fused-ring (bicyclic) bond motifs is 1. The van der Waals surface area contributed by atoms with Crippen LogP contribution in [-0.2, 0) is 0 Å². The summed E-state index contributed by atoms with van der Waals surface area (Å²) < 4.78 is 33.6. The third-order valence-electron chi connectivity index (χ3n) is 5.02. The number of carbonyl (C=O) groups is 1. The summed E-state index contributed by atoms with van der Waals surface area (Å²) >= 11 is 3.12. The molecule has 7 nitrogen and oxygen atoms in total. The highest BCUT2D eigenvalue weighted by Gasteiger charge is 2.43. The number of anilines is 1. The van der Waals surface area contributed by atoms with E-state index >= 15 is 0 Å². The lowest BCUT2D eigenvalue weighted by Gasteiger charge is -2.09. The number of nitrogens with zero attached hydrogens (tertiary/aromatic N) is 4. The van der Waals surface area contributed by atoms with E-state index in [-0.39, 0.29) is 16.3 Å². The van der Waals surface area contributed by atoms with Gasteiger partial charge in [0.25, 0.3) is 5.91 Å². The third kappa shape index (κ3) is 3.26. The minimum absolute atomic E-state index is 0.238. The Balaban J connectivity index is 1.43. The predicted molar refractivity (Wildman–Crippen MR) is 108 cm³/mol. The molecule has 2 atom stereocenters. The minimum Gasteiger partial charge on any atom is -0.339 e. The highest BCUT2D eigenvalue weighted by atomic mass is 79.9. The quantitative estimate of drug-likeness (QED) is 0.465. The lowest BCUT2D eigenvalue weighted by atomic mass is 10.1. The molecule has 4 aromatic rings. The molecule has 1 N–H and O–H groups in total. The molecule has 5 rings (SSSR count). The van der Waals surface area contributed by atoms with Gasteiger partial charge < -0.3 is 9.84 Å². The summed E-state index contributed by atoms with van der Waals surface area (Å²) in [4.78, 5) is 17.1. The first kappa shape index (κ1) is 18.9. The van der Waals surface area contributed by atoms with Crippen molar-refractivity contribution in [2.75, 3.05) is 5.32 Å². The molecular formula is C20H14BrF2N5O2. The van der Waals surface area contributed by atoms with Gasteiger partial charge in [-0.05, 0) is 47.0 Å². The fraction of sp³-hybridized carbons (Fsp3) is 0.200. The molecule has 1 aliphatic rings. The van der Waals surface area contributed by atoms with Crippen LogP contribution in [0.3, 0.4) is 0 Å². The van der Waals surface area contributed by atoms with Crippen LogP contribution in [0.4, 0.5) is 14.5 Å². The number of carbonyl (C=O) groups excluding carboxylic acids is 1. The van der Waals surface area contributed by atoms with Crippen molar-refractivity contribution < 1.29 is 18.1 Å². The summed E-state index contributed by atoms with van der Waals surface area (Å²) in [5.41, 5.74) is 2.77. The van der Waals surface area contributed by atoms with Crippen molar-refractivity contribution in [2.45, 2.75) is 25.4 Å². The van der Waals surface area contributed by atoms with Crippen molar-refractivity contribution in [1.29, 1.82) is 0 Å².